The van der Waals surface area contributed by atoms with Crippen LogP contribution in [0.3, 0.4) is 0 Å². The largest absolute Gasteiger partial charge is 0.481 e. The molecule has 0 aliphatic rings. The molecule has 2 N–H and O–H groups in total. The van der Waals surface area contributed by atoms with E-state index in [1.54, 1.807) is 30.5 Å². The first-order valence-corrected chi connectivity index (χ1v) is 6.08. The molecule has 2 aromatic heterocycles. The van der Waals surface area contributed by atoms with Crippen molar-refractivity contribution < 1.29 is 14.3 Å². The number of rotatable bonds is 3. The summed E-state index contributed by atoms with van der Waals surface area (Å²) >= 11 is 5.98. The van der Waals surface area contributed by atoms with Gasteiger partial charge in [-0.25, -0.2) is 0 Å². The van der Waals surface area contributed by atoms with E-state index in [-0.39, 0.29) is 6.42 Å². The third kappa shape index (κ3) is 2.11. The number of aromatic nitrogens is 1. The molecule has 0 spiro atoms. The maximum atomic E-state index is 11.0. The second kappa shape index (κ2) is 4.48. The van der Waals surface area contributed by atoms with E-state index in [9.17, 15) is 4.79 Å². The third-order valence-electron chi connectivity index (χ3n) is 2.96. The maximum Gasteiger partial charge on any atom is 0.307 e. The zero-order valence-corrected chi connectivity index (χ0v) is 10.6. The Balaban J connectivity index is 2.28. The van der Waals surface area contributed by atoms with Crippen LogP contribution in [-0.2, 0) is 11.2 Å². The average molecular weight is 276 g/mol. The van der Waals surface area contributed by atoms with Gasteiger partial charge in [0.2, 0.25) is 0 Å². The van der Waals surface area contributed by atoms with Gasteiger partial charge in [0.1, 0.15) is 5.76 Å². The van der Waals surface area contributed by atoms with Crippen molar-refractivity contribution in [2.24, 2.45) is 0 Å². The average Bonchev–Trinajstić information content (AvgIpc) is 2.97. The highest BCUT2D eigenvalue weighted by Gasteiger charge is 2.17. The number of nitrogens with one attached hydrogen (secondary N) is 1. The van der Waals surface area contributed by atoms with Crippen LogP contribution in [0.1, 0.15) is 5.56 Å². The molecule has 0 amide bonds. The van der Waals surface area contributed by atoms with Crippen LogP contribution in [0.15, 0.2) is 41.0 Å². The lowest BCUT2D eigenvalue weighted by Crippen LogP contribution is -2.00. The summed E-state index contributed by atoms with van der Waals surface area (Å²) in [5, 5.41) is 10.4. The SMILES string of the molecule is O=C(O)Cc1c(-c2ccco2)[nH]c2ccc(Cl)cc12. The van der Waals surface area contributed by atoms with E-state index >= 15 is 0 Å². The number of carboxylic acid groups (broad SMARTS) is 1. The summed E-state index contributed by atoms with van der Waals surface area (Å²) in [7, 11) is 0. The van der Waals surface area contributed by atoms with Crippen LogP contribution >= 0.6 is 11.6 Å². The number of benzene rings is 1. The van der Waals surface area contributed by atoms with E-state index in [4.69, 9.17) is 21.1 Å². The lowest BCUT2D eigenvalue weighted by atomic mass is 10.1. The summed E-state index contributed by atoms with van der Waals surface area (Å²) in [5.41, 5.74) is 2.21. The highest BCUT2D eigenvalue weighted by molar-refractivity contribution is 6.31. The normalized spacial score (nSPS) is 11.0. The summed E-state index contributed by atoms with van der Waals surface area (Å²) in [4.78, 5) is 14.2. The minimum Gasteiger partial charge on any atom is -0.481 e. The number of carbonyl (C=O) groups is 1. The number of halogens is 1. The first kappa shape index (κ1) is 11.9. The van der Waals surface area contributed by atoms with Crippen molar-refractivity contribution in [3.63, 3.8) is 0 Å². The van der Waals surface area contributed by atoms with Crippen LogP contribution in [0.25, 0.3) is 22.4 Å². The molecule has 0 aliphatic heterocycles. The Labute approximate surface area is 113 Å². The van der Waals surface area contributed by atoms with Crippen LogP contribution in [0.4, 0.5) is 0 Å². The van der Waals surface area contributed by atoms with Crippen LogP contribution in [0.2, 0.25) is 5.02 Å². The molecule has 19 heavy (non-hydrogen) atoms. The monoisotopic (exact) mass is 275 g/mol. The fourth-order valence-corrected chi connectivity index (χ4v) is 2.36. The lowest BCUT2D eigenvalue weighted by Gasteiger charge is -1.99. The molecule has 0 atom stereocenters. The van der Waals surface area contributed by atoms with Gasteiger partial charge in [0.25, 0.3) is 0 Å². The summed E-state index contributed by atoms with van der Waals surface area (Å²) in [6, 6.07) is 8.90. The molecule has 3 rings (SSSR count). The van der Waals surface area contributed by atoms with Gasteiger partial charge in [-0.3, -0.25) is 4.79 Å². The third-order valence-corrected chi connectivity index (χ3v) is 3.20. The number of aromatic amines is 1. The van der Waals surface area contributed by atoms with Crippen LogP contribution < -0.4 is 0 Å². The predicted molar refractivity (Wildman–Crippen MR) is 72.4 cm³/mol. The fourth-order valence-electron chi connectivity index (χ4n) is 2.19. The molecule has 0 saturated carbocycles. The lowest BCUT2D eigenvalue weighted by molar-refractivity contribution is -0.136. The quantitative estimate of drug-likeness (QED) is 0.766. The summed E-state index contributed by atoms with van der Waals surface area (Å²) in [6.45, 7) is 0. The van der Waals surface area contributed by atoms with E-state index in [0.29, 0.717) is 22.0 Å². The number of carboxylic acids is 1. The number of fused-ring (bicyclic) bond motifs is 1. The standard InChI is InChI=1S/C14H10ClNO3/c15-8-3-4-11-9(6-8)10(7-13(17)18)14(16-11)12-2-1-5-19-12/h1-6,16H,7H2,(H,17,18). The fraction of sp³-hybridized carbons (Fsp3) is 0.0714. The highest BCUT2D eigenvalue weighted by atomic mass is 35.5. The molecule has 0 aliphatic carbocycles. The van der Waals surface area contributed by atoms with Crippen LogP contribution in [0, 0.1) is 0 Å². The van der Waals surface area contributed by atoms with Gasteiger partial charge in [0.15, 0.2) is 0 Å². The second-order valence-corrected chi connectivity index (χ2v) is 4.65. The predicted octanol–water partition coefficient (Wildman–Crippen LogP) is 3.71. The minimum absolute atomic E-state index is 0.0869. The van der Waals surface area contributed by atoms with Crippen molar-refractivity contribution in [1.82, 2.24) is 4.98 Å². The molecular weight excluding hydrogens is 266 g/mol. The van der Waals surface area contributed by atoms with Crippen LogP contribution in [-0.4, -0.2) is 16.1 Å². The van der Waals surface area contributed by atoms with Crippen molar-refractivity contribution in [2.45, 2.75) is 6.42 Å². The summed E-state index contributed by atoms with van der Waals surface area (Å²) < 4.78 is 5.34. The van der Waals surface area contributed by atoms with Crippen LogP contribution in [0.5, 0.6) is 0 Å². The second-order valence-electron chi connectivity index (χ2n) is 4.22. The Bertz CT molecular complexity index is 743. The van der Waals surface area contributed by atoms with Crippen molar-refractivity contribution in [1.29, 1.82) is 0 Å². The Hall–Kier alpha value is -2.20. The van der Waals surface area contributed by atoms with Crippen molar-refractivity contribution in [3.8, 4) is 11.5 Å². The maximum absolute atomic E-state index is 11.0. The minimum atomic E-state index is -0.895. The van der Waals surface area contributed by atoms with Gasteiger partial charge in [0, 0.05) is 15.9 Å². The van der Waals surface area contributed by atoms with Gasteiger partial charge in [-0.15, -0.1) is 0 Å². The molecule has 0 unspecified atom stereocenters. The highest BCUT2D eigenvalue weighted by Crippen LogP contribution is 2.32. The topological polar surface area (TPSA) is 66.2 Å². The Morgan fingerprint density at radius 3 is 2.89 bits per heavy atom. The van der Waals surface area contributed by atoms with Crippen molar-refractivity contribution >= 4 is 28.5 Å². The number of furan rings is 1. The van der Waals surface area contributed by atoms with Crippen molar-refractivity contribution in [2.75, 3.05) is 0 Å². The van der Waals surface area contributed by atoms with E-state index in [1.165, 1.54) is 0 Å². The molecule has 0 radical (unpaired) electrons. The van der Waals surface area contributed by atoms with Gasteiger partial charge in [-0.05, 0) is 35.9 Å². The van der Waals surface area contributed by atoms with Gasteiger partial charge < -0.3 is 14.5 Å². The summed E-state index contributed by atoms with van der Waals surface area (Å²) in [5.74, 6) is -0.280. The molecule has 3 aromatic rings. The van der Waals surface area contributed by atoms with E-state index in [2.05, 4.69) is 4.98 Å². The number of H-pyrrole nitrogens is 1. The van der Waals surface area contributed by atoms with Gasteiger partial charge in [-0.1, -0.05) is 11.6 Å². The first-order chi connectivity index (χ1) is 9.15. The van der Waals surface area contributed by atoms with E-state index in [1.807, 2.05) is 6.07 Å². The Morgan fingerprint density at radius 2 is 2.21 bits per heavy atom. The molecule has 4 nitrogen and oxygen atoms in total. The van der Waals surface area contributed by atoms with E-state index in [0.717, 1.165) is 10.9 Å². The van der Waals surface area contributed by atoms with Gasteiger partial charge in [0.05, 0.1) is 18.4 Å². The first-order valence-electron chi connectivity index (χ1n) is 5.71. The summed E-state index contributed by atoms with van der Waals surface area (Å²) in [6.07, 6.45) is 1.47. The molecule has 0 saturated heterocycles. The Kier molecular flexibility index (Phi) is 2.80. The molecule has 0 fully saturated rings. The molecule has 1 aromatic carbocycles. The zero-order valence-electron chi connectivity index (χ0n) is 9.81. The number of aliphatic carboxylic acids is 1. The molecule has 96 valence electrons. The number of hydrogen-bond acceptors (Lipinski definition) is 2. The van der Waals surface area contributed by atoms with Gasteiger partial charge >= 0.3 is 5.97 Å². The Morgan fingerprint density at radius 1 is 1.37 bits per heavy atom. The van der Waals surface area contributed by atoms with E-state index < -0.39 is 5.97 Å². The molecule has 2 heterocycles. The van der Waals surface area contributed by atoms with Crippen molar-refractivity contribution in [3.05, 3.63) is 47.2 Å². The molecular formula is C14H10ClNO3. The zero-order chi connectivity index (χ0) is 13.4. The van der Waals surface area contributed by atoms with Gasteiger partial charge in [-0.2, -0.15) is 0 Å². The molecule has 5 heteroatoms. The number of hydrogen-bond donors (Lipinski definition) is 2. The smallest absolute Gasteiger partial charge is 0.307 e. The molecule has 0 bridgehead atoms.